The summed E-state index contributed by atoms with van der Waals surface area (Å²) in [6.45, 7) is 9.50. The lowest BCUT2D eigenvalue weighted by Crippen LogP contribution is -2.53. The monoisotopic (exact) mass is 609 g/mol. The van der Waals surface area contributed by atoms with Gasteiger partial charge in [0, 0.05) is 12.6 Å². The van der Waals surface area contributed by atoms with Gasteiger partial charge in [0.2, 0.25) is 11.8 Å². The van der Waals surface area contributed by atoms with Gasteiger partial charge in [0.25, 0.3) is 10.0 Å². The molecule has 43 heavy (non-hydrogen) atoms. The van der Waals surface area contributed by atoms with Crippen molar-refractivity contribution < 1.29 is 27.5 Å². The van der Waals surface area contributed by atoms with Gasteiger partial charge < -0.3 is 19.7 Å². The van der Waals surface area contributed by atoms with E-state index in [1.54, 1.807) is 55.6 Å². The molecule has 0 heterocycles. The van der Waals surface area contributed by atoms with E-state index in [2.05, 4.69) is 5.32 Å². The third kappa shape index (κ3) is 8.73. The standard InChI is InChI=1S/C33H43N3O6S/c1-7-25(5)34-33(38)31(8-2)35(22-26-12-16-28(41-6)17-13-26)32(37)23-36(27-14-18-29(19-15-27)42-9-3)43(39,40)30-20-10-24(4)11-21-30/h10-21,25,31H,7-9,22-23H2,1-6H3,(H,34,38). The van der Waals surface area contributed by atoms with E-state index in [4.69, 9.17) is 9.47 Å². The normalized spacial score (nSPS) is 12.6. The van der Waals surface area contributed by atoms with Gasteiger partial charge >= 0.3 is 0 Å². The smallest absolute Gasteiger partial charge is 0.264 e. The lowest BCUT2D eigenvalue weighted by molar-refractivity contribution is -0.140. The average Bonchev–Trinajstić information content (AvgIpc) is 3.00. The van der Waals surface area contributed by atoms with Crippen LogP contribution in [0.15, 0.2) is 77.7 Å². The summed E-state index contributed by atoms with van der Waals surface area (Å²) in [5.41, 5.74) is 1.99. The molecule has 3 rings (SSSR count). The van der Waals surface area contributed by atoms with Gasteiger partial charge in [-0.05, 0) is 87.7 Å². The molecule has 0 spiro atoms. The number of hydrogen-bond acceptors (Lipinski definition) is 6. The van der Waals surface area contributed by atoms with E-state index in [0.717, 1.165) is 21.9 Å². The molecule has 0 aliphatic rings. The van der Waals surface area contributed by atoms with Crippen LogP contribution in [0, 0.1) is 6.92 Å². The number of anilines is 1. The number of carbonyl (C=O) groups excluding carboxylic acids is 2. The molecule has 0 bridgehead atoms. The maximum atomic E-state index is 14.2. The first-order valence-corrected chi connectivity index (χ1v) is 16.0. The predicted molar refractivity (Wildman–Crippen MR) is 169 cm³/mol. The number of methoxy groups -OCH3 is 1. The number of sulfonamides is 1. The number of amides is 2. The summed E-state index contributed by atoms with van der Waals surface area (Å²) in [6.07, 6.45) is 1.08. The highest BCUT2D eigenvalue weighted by Gasteiger charge is 2.34. The molecule has 0 fully saturated rings. The highest BCUT2D eigenvalue weighted by atomic mass is 32.2. The zero-order valence-corrected chi connectivity index (χ0v) is 26.7. The largest absolute Gasteiger partial charge is 0.497 e. The highest BCUT2D eigenvalue weighted by Crippen LogP contribution is 2.27. The predicted octanol–water partition coefficient (Wildman–Crippen LogP) is 5.32. The molecule has 0 aliphatic heterocycles. The summed E-state index contributed by atoms with van der Waals surface area (Å²) >= 11 is 0. The summed E-state index contributed by atoms with van der Waals surface area (Å²) in [5.74, 6) is 0.451. The molecule has 0 saturated heterocycles. The average molecular weight is 610 g/mol. The van der Waals surface area contributed by atoms with Crippen molar-refractivity contribution in [3.05, 3.63) is 83.9 Å². The third-order valence-electron chi connectivity index (χ3n) is 7.22. The number of nitrogens with one attached hydrogen (secondary N) is 1. The van der Waals surface area contributed by atoms with E-state index in [1.165, 1.54) is 17.0 Å². The zero-order chi connectivity index (χ0) is 31.6. The first kappa shape index (κ1) is 33.5. The Hall–Kier alpha value is -4.05. The van der Waals surface area contributed by atoms with Crippen molar-refractivity contribution in [1.82, 2.24) is 10.2 Å². The van der Waals surface area contributed by atoms with E-state index >= 15 is 0 Å². The number of benzene rings is 3. The topological polar surface area (TPSA) is 105 Å². The Labute approximate surface area is 255 Å². The molecule has 3 aromatic rings. The van der Waals surface area contributed by atoms with Crippen LogP contribution in [-0.2, 0) is 26.2 Å². The first-order valence-electron chi connectivity index (χ1n) is 14.6. The Morgan fingerprint density at radius 1 is 0.860 bits per heavy atom. The molecule has 0 radical (unpaired) electrons. The van der Waals surface area contributed by atoms with Crippen LogP contribution in [0.1, 0.15) is 51.7 Å². The van der Waals surface area contributed by atoms with Crippen LogP contribution in [-0.4, -0.2) is 57.5 Å². The second kappa shape index (κ2) is 15.4. The van der Waals surface area contributed by atoms with Gasteiger partial charge in [-0.2, -0.15) is 0 Å². The lowest BCUT2D eigenvalue weighted by Gasteiger charge is -2.33. The molecular weight excluding hydrogens is 566 g/mol. The summed E-state index contributed by atoms with van der Waals surface area (Å²) in [4.78, 5) is 29.1. The van der Waals surface area contributed by atoms with Gasteiger partial charge in [-0.25, -0.2) is 8.42 Å². The molecule has 0 saturated carbocycles. The van der Waals surface area contributed by atoms with Gasteiger partial charge in [-0.15, -0.1) is 0 Å². The maximum absolute atomic E-state index is 14.2. The Morgan fingerprint density at radius 3 is 2.00 bits per heavy atom. The Kier molecular flexibility index (Phi) is 12.0. The van der Waals surface area contributed by atoms with Gasteiger partial charge in [0.15, 0.2) is 0 Å². The van der Waals surface area contributed by atoms with Crippen LogP contribution < -0.4 is 19.1 Å². The SMILES string of the molecule is CCOc1ccc(N(CC(=O)N(Cc2ccc(OC)cc2)C(CC)C(=O)NC(C)CC)S(=O)(=O)c2ccc(C)cc2)cc1. The van der Waals surface area contributed by atoms with Gasteiger partial charge in [-0.3, -0.25) is 13.9 Å². The van der Waals surface area contributed by atoms with Crippen molar-refractivity contribution in [1.29, 1.82) is 0 Å². The number of nitrogens with zero attached hydrogens (tertiary/aromatic N) is 2. The van der Waals surface area contributed by atoms with Crippen molar-refractivity contribution in [2.24, 2.45) is 0 Å². The van der Waals surface area contributed by atoms with Crippen LogP contribution >= 0.6 is 0 Å². The summed E-state index contributed by atoms with van der Waals surface area (Å²) in [6, 6.07) is 19.4. The number of hydrogen-bond donors (Lipinski definition) is 1. The maximum Gasteiger partial charge on any atom is 0.264 e. The number of ether oxygens (including phenoxy) is 2. The fourth-order valence-corrected chi connectivity index (χ4v) is 5.94. The van der Waals surface area contributed by atoms with Crippen molar-refractivity contribution >= 4 is 27.5 Å². The molecule has 0 aliphatic carbocycles. The van der Waals surface area contributed by atoms with Crippen molar-refractivity contribution in [2.75, 3.05) is 24.6 Å². The van der Waals surface area contributed by atoms with Crippen LogP contribution in [0.2, 0.25) is 0 Å². The fraction of sp³-hybridized carbons (Fsp3) is 0.394. The Morgan fingerprint density at radius 2 is 1.47 bits per heavy atom. The minimum atomic E-state index is -4.15. The van der Waals surface area contributed by atoms with Crippen LogP contribution in [0.5, 0.6) is 11.5 Å². The number of rotatable bonds is 15. The van der Waals surface area contributed by atoms with E-state index in [-0.39, 0.29) is 23.4 Å². The van der Waals surface area contributed by atoms with Gasteiger partial charge in [0.1, 0.15) is 24.1 Å². The minimum absolute atomic E-state index is 0.0584. The highest BCUT2D eigenvalue weighted by molar-refractivity contribution is 7.92. The second-order valence-corrected chi connectivity index (χ2v) is 12.2. The molecule has 0 aromatic heterocycles. The van der Waals surface area contributed by atoms with Crippen LogP contribution in [0.3, 0.4) is 0 Å². The lowest BCUT2D eigenvalue weighted by atomic mass is 10.1. The molecule has 9 nitrogen and oxygen atoms in total. The Bertz CT molecular complexity index is 1440. The molecule has 232 valence electrons. The summed E-state index contributed by atoms with van der Waals surface area (Å²) < 4.78 is 40.0. The van der Waals surface area contributed by atoms with Crippen molar-refractivity contribution in [3.8, 4) is 11.5 Å². The first-order chi connectivity index (χ1) is 20.5. The number of carbonyl (C=O) groups is 2. The fourth-order valence-electron chi connectivity index (χ4n) is 4.53. The molecule has 3 aromatic carbocycles. The van der Waals surface area contributed by atoms with E-state index in [9.17, 15) is 18.0 Å². The third-order valence-corrected chi connectivity index (χ3v) is 9.01. The molecule has 2 atom stereocenters. The second-order valence-electron chi connectivity index (χ2n) is 10.4. The quantitative estimate of drug-likeness (QED) is 0.250. The van der Waals surface area contributed by atoms with Crippen molar-refractivity contribution in [3.63, 3.8) is 0 Å². The minimum Gasteiger partial charge on any atom is -0.497 e. The molecule has 2 unspecified atom stereocenters. The van der Waals surface area contributed by atoms with E-state index < -0.39 is 28.5 Å². The van der Waals surface area contributed by atoms with Crippen LogP contribution in [0.25, 0.3) is 0 Å². The summed E-state index contributed by atoms with van der Waals surface area (Å²) in [7, 11) is -2.58. The molecular formula is C33H43N3O6S. The molecule has 10 heteroatoms. The number of aryl methyl sites for hydroxylation is 1. The van der Waals surface area contributed by atoms with Crippen LogP contribution in [0.4, 0.5) is 5.69 Å². The molecule has 1 N–H and O–H groups in total. The van der Waals surface area contributed by atoms with Gasteiger partial charge in [-0.1, -0.05) is 43.7 Å². The van der Waals surface area contributed by atoms with E-state index in [1.807, 2.05) is 46.8 Å². The van der Waals surface area contributed by atoms with E-state index in [0.29, 0.717) is 30.2 Å². The zero-order valence-electron chi connectivity index (χ0n) is 25.9. The summed E-state index contributed by atoms with van der Waals surface area (Å²) in [5, 5.41) is 2.99. The molecule has 2 amide bonds. The van der Waals surface area contributed by atoms with Gasteiger partial charge in [0.05, 0.1) is 24.3 Å². The van der Waals surface area contributed by atoms with Crippen molar-refractivity contribution in [2.45, 2.75) is 71.0 Å². The Balaban J connectivity index is 2.06.